The molecule has 0 spiro atoms. The van der Waals surface area contributed by atoms with E-state index in [0.29, 0.717) is 21.8 Å². The zero-order valence-corrected chi connectivity index (χ0v) is 11.0. The number of hydrogen-bond donors (Lipinski definition) is 2. The summed E-state index contributed by atoms with van der Waals surface area (Å²) in [6, 6.07) is 0. The molecule has 16 heavy (non-hydrogen) atoms. The molecule has 1 rings (SSSR count). The Morgan fingerprint density at radius 3 is 3.00 bits per heavy atom. The standard InChI is InChI=1S/C7H11N3O3S3/c1-16(13)3-2-8-6-9-10-7(15-6)14-4-5(11)12/h2-4H2,1H3,(H,8,9)(H,11,12). The van der Waals surface area contributed by atoms with E-state index < -0.39 is 16.8 Å². The van der Waals surface area contributed by atoms with E-state index in [-0.39, 0.29) is 5.75 Å². The quantitative estimate of drug-likeness (QED) is 0.703. The summed E-state index contributed by atoms with van der Waals surface area (Å²) in [5.41, 5.74) is 0. The number of carbonyl (C=O) groups is 1. The Morgan fingerprint density at radius 2 is 2.38 bits per heavy atom. The van der Waals surface area contributed by atoms with Crippen LogP contribution in [0.5, 0.6) is 0 Å². The van der Waals surface area contributed by atoms with Crippen LogP contribution < -0.4 is 5.32 Å². The van der Waals surface area contributed by atoms with E-state index in [0.717, 1.165) is 11.8 Å². The Labute approximate surface area is 103 Å². The van der Waals surface area contributed by atoms with Crippen LogP contribution in [0, 0.1) is 0 Å². The molecule has 0 aromatic carbocycles. The highest BCUT2D eigenvalue weighted by molar-refractivity contribution is 8.01. The van der Waals surface area contributed by atoms with Crippen LogP contribution in [-0.4, -0.2) is 49.8 Å². The summed E-state index contributed by atoms with van der Waals surface area (Å²) in [5.74, 6) is -0.346. The number of nitrogens with zero attached hydrogens (tertiary/aromatic N) is 2. The van der Waals surface area contributed by atoms with Gasteiger partial charge in [-0.1, -0.05) is 23.1 Å². The minimum absolute atomic E-state index is 0.0202. The fourth-order valence-electron chi connectivity index (χ4n) is 0.765. The maximum absolute atomic E-state index is 10.8. The van der Waals surface area contributed by atoms with Gasteiger partial charge < -0.3 is 10.4 Å². The van der Waals surface area contributed by atoms with Crippen molar-refractivity contribution in [3.05, 3.63) is 0 Å². The fraction of sp³-hybridized carbons (Fsp3) is 0.571. The number of carboxylic acids is 1. The zero-order valence-electron chi connectivity index (χ0n) is 8.50. The van der Waals surface area contributed by atoms with E-state index in [1.807, 2.05) is 0 Å². The number of thioether (sulfide) groups is 1. The molecule has 0 fully saturated rings. The van der Waals surface area contributed by atoms with Gasteiger partial charge in [0.05, 0.1) is 5.75 Å². The van der Waals surface area contributed by atoms with Crippen molar-refractivity contribution in [2.45, 2.75) is 4.34 Å². The number of carboxylic acid groups (broad SMARTS) is 1. The highest BCUT2D eigenvalue weighted by atomic mass is 32.2. The second-order valence-electron chi connectivity index (χ2n) is 2.76. The molecule has 90 valence electrons. The molecule has 0 saturated heterocycles. The van der Waals surface area contributed by atoms with Gasteiger partial charge in [-0.2, -0.15) is 0 Å². The largest absolute Gasteiger partial charge is 0.481 e. The lowest BCUT2D eigenvalue weighted by Gasteiger charge is -1.97. The minimum atomic E-state index is -0.879. The lowest BCUT2D eigenvalue weighted by Crippen LogP contribution is -2.09. The van der Waals surface area contributed by atoms with Crippen LogP contribution in [0.4, 0.5) is 5.13 Å². The normalized spacial score (nSPS) is 12.3. The van der Waals surface area contributed by atoms with Crippen LogP contribution in [0.25, 0.3) is 0 Å². The second kappa shape index (κ2) is 6.81. The van der Waals surface area contributed by atoms with Gasteiger partial charge in [0, 0.05) is 29.4 Å². The van der Waals surface area contributed by atoms with Gasteiger partial charge in [-0.05, 0) is 0 Å². The van der Waals surface area contributed by atoms with Gasteiger partial charge >= 0.3 is 5.97 Å². The molecular formula is C7H11N3O3S3. The molecule has 1 atom stereocenters. The molecule has 0 saturated carbocycles. The summed E-state index contributed by atoms with van der Waals surface area (Å²) >= 11 is 2.43. The van der Waals surface area contributed by atoms with Gasteiger partial charge in [-0.25, -0.2) is 0 Å². The Hall–Kier alpha value is -0.670. The van der Waals surface area contributed by atoms with E-state index >= 15 is 0 Å². The molecule has 1 unspecified atom stereocenters. The summed E-state index contributed by atoms with van der Waals surface area (Å²) in [6.07, 6.45) is 1.63. The molecule has 0 bridgehead atoms. The first-order chi connectivity index (χ1) is 7.58. The maximum Gasteiger partial charge on any atom is 0.313 e. The van der Waals surface area contributed by atoms with Crippen LogP contribution in [0.1, 0.15) is 0 Å². The molecule has 9 heteroatoms. The van der Waals surface area contributed by atoms with Crippen molar-refractivity contribution in [3.8, 4) is 0 Å². The highest BCUT2D eigenvalue weighted by Gasteiger charge is 2.06. The van der Waals surface area contributed by atoms with E-state index in [4.69, 9.17) is 5.11 Å². The van der Waals surface area contributed by atoms with Gasteiger partial charge in [0.1, 0.15) is 0 Å². The van der Waals surface area contributed by atoms with E-state index in [9.17, 15) is 9.00 Å². The third kappa shape index (κ3) is 5.42. The number of rotatable bonds is 7. The Balaban J connectivity index is 2.33. The Morgan fingerprint density at radius 1 is 1.62 bits per heavy atom. The molecule has 1 aromatic heterocycles. The molecule has 1 heterocycles. The lowest BCUT2D eigenvalue weighted by atomic mass is 10.7. The van der Waals surface area contributed by atoms with E-state index in [2.05, 4.69) is 15.5 Å². The number of aromatic nitrogens is 2. The molecule has 0 radical (unpaired) electrons. The summed E-state index contributed by atoms with van der Waals surface area (Å²) < 4.78 is 11.4. The second-order valence-corrected chi connectivity index (χ2v) is 6.51. The van der Waals surface area contributed by atoms with Crippen molar-refractivity contribution in [3.63, 3.8) is 0 Å². The number of hydrogen-bond acceptors (Lipinski definition) is 7. The third-order valence-electron chi connectivity index (χ3n) is 1.39. The van der Waals surface area contributed by atoms with Crippen molar-refractivity contribution in [2.75, 3.05) is 29.6 Å². The number of nitrogens with one attached hydrogen (secondary N) is 1. The molecule has 0 amide bonds. The van der Waals surface area contributed by atoms with E-state index in [1.54, 1.807) is 6.26 Å². The fourth-order valence-corrected chi connectivity index (χ4v) is 2.65. The lowest BCUT2D eigenvalue weighted by molar-refractivity contribution is -0.133. The van der Waals surface area contributed by atoms with Crippen molar-refractivity contribution in [1.82, 2.24) is 10.2 Å². The number of anilines is 1. The van der Waals surface area contributed by atoms with Gasteiger partial charge in [-0.3, -0.25) is 9.00 Å². The molecule has 0 aliphatic carbocycles. The molecule has 2 N–H and O–H groups in total. The predicted molar refractivity (Wildman–Crippen MR) is 65.7 cm³/mol. The predicted octanol–water partition coefficient (Wildman–Crippen LogP) is 0.505. The van der Waals surface area contributed by atoms with Crippen LogP contribution in [0.3, 0.4) is 0 Å². The van der Waals surface area contributed by atoms with Crippen molar-refractivity contribution >= 4 is 45.0 Å². The van der Waals surface area contributed by atoms with Crippen LogP contribution in [-0.2, 0) is 15.6 Å². The molecular weight excluding hydrogens is 270 g/mol. The summed E-state index contributed by atoms with van der Waals surface area (Å²) in [5, 5.41) is 19.7. The zero-order chi connectivity index (χ0) is 12.0. The summed E-state index contributed by atoms with van der Waals surface area (Å²) in [4.78, 5) is 10.3. The first-order valence-corrected chi connectivity index (χ1v) is 7.83. The first kappa shape index (κ1) is 13.4. The average molecular weight is 281 g/mol. The first-order valence-electron chi connectivity index (χ1n) is 4.30. The third-order valence-corrected chi connectivity index (χ3v) is 4.17. The highest BCUT2D eigenvalue weighted by Crippen LogP contribution is 2.24. The summed E-state index contributed by atoms with van der Waals surface area (Å²) in [6.45, 7) is 0.571. The minimum Gasteiger partial charge on any atom is -0.481 e. The van der Waals surface area contributed by atoms with Crippen LogP contribution in [0.15, 0.2) is 4.34 Å². The Bertz CT molecular complexity index is 382. The molecule has 0 aliphatic heterocycles. The van der Waals surface area contributed by atoms with Crippen LogP contribution >= 0.6 is 23.1 Å². The maximum atomic E-state index is 10.8. The van der Waals surface area contributed by atoms with Crippen molar-refractivity contribution in [1.29, 1.82) is 0 Å². The summed E-state index contributed by atoms with van der Waals surface area (Å²) in [7, 11) is -0.831. The van der Waals surface area contributed by atoms with E-state index in [1.165, 1.54) is 11.3 Å². The van der Waals surface area contributed by atoms with Crippen molar-refractivity contribution in [2.24, 2.45) is 0 Å². The SMILES string of the molecule is CS(=O)CCNc1nnc(SCC(=O)O)s1. The topological polar surface area (TPSA) is 92.2 Å². The molecule has 6 nitrogen and oxygen atoms in total. The monoisotopic (exact) mass is 281 g/mol. The van der Waals surface area contributed by atoms with Gasteiger partial charge in [0.2, 0.25) is 5.13 Å². The van der Waals surface area contributed by atoms with Crippen LogP contribution in [0.2, 0.25) is 0 Å². The van der Waals surface area contributed by atoms with Gasteiger partial charge in [0.15, 0.2) is 4.34 Å². The Kier molecular flexibility index (Phi) is 5.71. The molecule has 0 aliphatic rings. The molecule has 1 aromatic rings. The smallest absolute Gasteiger partial charge is 0.313 e. The average Bonchev–Trinajstić information content (AvgIpc) is 2.62. The van der Waals surface area contributed by atoms with Crippen molar-refractivity contribution < 1.29 is 14.1 Å². The van der Waals surface area contributed by atoms with Gasteiger partial charge in [0.25, 0.3) is 0 Å². The number of aliphatic carboxylic acids is 1. The van der Waals surface area contributed by atoms with Gasteiger partial charge in [-0.15, -0.1) is 10.2 Å².